The van der Waals surface area contributed by atoms with E-state index in [1.165, 1.54) is 0 Å². The Morgan fingerprint density at radius 1 is 1.39 bits per heavy atom. The predicted octanol–water partition coefficient (Wildman–Crippen LogP) is 2.54. The summed E-state index contributed by atoms with van der Waals surface area (Å²) in [6.07, 6.45) is 1.15. The lowest BCUT2D eigenvalue weighted by atomic mass is 10.1. The molecule has 4 nitrogen and oxygen atoms in total. The van der Waals surface area contributed by atoms with E-state index in [1.807, 2.05) is 19.1 Å². The van der Waals surface area contributed by atoms with Crippen molar-refractivity contribution in [1.29, 1.82) is 0 Å². The summed E-state index contributed by atoms with van der Waals surface area (Å²) in [7, 11) is 0. The molecule has 4 heteroatoms. The number of carbonyl (C=O) groups excluding carboxylic acids is 1. The van der Waals surface area contributed by atoms with Crippen LogP contribution < -0.4 is 15.8 Å². The molecule has 0 saturated carbocycles. The highest BCUT2D eigenvalue weighted by Gasteiger charge is 2.21. The van der Waals surface area contributed by atoms with Crippen molar-refractivity contribution in [2.24, 2.45) is 5.73 Å². The van der Waals surface area contributed by atoms with Crippen LogP contribution in [-0.2, 0) is 4.79 Å². The van der Waals surface area contributed by atoms with Crippen LogP contribution in [0.3, 0.4) is 0 Å². The first-order valence-electron chi connectivity index (χ1n) is 6.20. The van der Waals surface area contributed by atoms with Crippen molar-refractivity contribution >= 4 is 11.6 Å². The van der Waals surface area contributed by atoms with Crippen molar-refractivity contribution < 1.29 is 9.53 Å². The van der Waals surface area contributed by atoms with Crippen LogP contribution in [0.2, 0.25) is 0 Å². The second kappa shape index (κ2) is 5.87. The van der Waals surface area contributed by atoms with Crippen LogP contribution in [0.5, 0.6) is 5.75 Å². The van der Waals surface area contributed by atoms with Crippen LogP contribution in [-0.4, -0.2) is 17.6 Å². The van der Waals surface area contributed by atoms with Gasteiger partial charge in [-0.3, -0.25) is 4.79 Å². The predicted molar refractivity (Wildman–Crippen MR) is 73.7 cm³/mol. The molecule has 0 saturated heterocycles. The number of rotatable bonds is 5. The molecule has 0 fully saturated rings. The minimum absolute atomic E-state index is 0.188. The molecule has 0 aromatic heterocycles. The first kappa shape index (κ1) is 14.5. The van der Waals surface area contributed by atoms with Gasteiger partial charge in [0.25, 0.3) is 0 Å². The van der Waals surface area contributed by atoms with Gasteiger partial charge in [-0.1, -0.05) is 6.92 Å². The standard InChI is InChI=1S/C14H22N2O2/c1-5-10(2)18-12-8-6-11(7-9-12)16-13(17)14(3,4)15/h6-10H,5,15H2,1-4H3,(H,16,17). The number of benzene rings is 1. The molecular formula is C14H22N2O2. The molecule has 1 unspecified atom stereocenters. The van der Waals surface area contributed by atoms with Crippen molar-refractivity contribution in [2.75, 3.05) is 5.32 Å². The highest BCUT2D eigenvalue weighted by Crippen LogP contribution is 2.18. The maximum absolute atomic E-state index is 11.7. The van der Waals surface area contributed by atoms with Gasteiger partial charge >= 0.3 is 0 Å². The molecule has 0 spiro atoms. The Bertz CT molecular complexity index is 393. The van der Waals surface area contributed by atoms with Gasteiger partial charge < -0.3 is 15.8 Å². The average molecular weight is 250 g/mol. The lowest BCUT2D eigenvalue weighted by Crippen LogP contribution is -2.45. The number of anilines is 1. The number of nitrogens with two attached hydrogens (primary N) is 1. The third kappa shape index (κ3) is 4.37. The SMILES string of the molecule is CCC(C)Oc1ccc(NC(=O)C(C)(C)N)cc1. The van der Waals surface area contributed by atoms with Crippen LogP contribution >= 0.6 is 0 Å². The molecule has 1 aromatic carbocycles. The molecule has 1 atom stereocenters. The van der Waals surface area contributed by atoms with E-state index < -0.39 is 5.54 Å². The summed E-state index contributed by atoms with van der Waals surface area (Å²) in [6.45, 7) is 7.43. The first-order valence-corrected chi connectivity index (χ1v) is 6.20. The Kier molecular flexibility index (Phi) is 4.73. The van der Waals surface area contributed by atoms with Gasteiger partial charge in [-0.2, -0.15) is 0 Å². The van der Waals surface area contributed by atoms with E-state index in [1.54, 1.807) is 26.0 Å². The fourth-order valence-electron chi connectivity index (χ4n) is 1.22. The summed E-state index contributed by atoms with van der Waals surface area (Å²) in [4.78, 5) is 11.7. The molecule has 0 aliphatic heterocycles. The van der Waals surface area contributed by atoms with Crippen molar-refractivity contribution in [3.8, 4) is 5.75 Å². The molecule has 0 aliphatic rings. The van der Waals surface area contributed by atoms with Crippen LogP contribution in [0.25, 0.3) is 0 Å². The third-order valence-electron chi connectivity index (χ3n) is 2.61. The average Bonchev–Trinajstić information content (AvgIpc) is 2.30. The molecule has 0 bridgehead atoms. The van der Waals surface area contributed by atoms with E-state index in [-0.39, 0.29) is 12.0 Å². The summed E-state index contributed by atoms with van der Waals surface area (Å²) in [5.41, 5.74) is 5.54. The van der Waals surface area contributed by atoms with Gasteiger partial charge in [-0.05, 0) is 51.5 Å². The first-order chi connectivity index (χ1) is 8.32. The molecular weight excluding hydrogens is 228 g/mol. The topological polar surface area (TPSA) is 64.3 Å². The van der Waals surface area contributed by atoms with Gasteiger partial charge in [-0.15, -0.1) is 0 Å². The normalized spacial score (nSPS) is 12.9. The second-order valence-electron chi connectivity index (χ2n) is 5.04. The molecule has 18 heavy (non-hydrogen) atoms. The van der Waals surface area contributed by atoms with E-state index in [0.717, 1.165) is 17.9 Å². The minimum Gasteiger partial charge on any atom is -0.491 e. The number of hydrogen-bond acceptors (Lipinski definition) is 3. The van der Waals surface area contributed by atoms with Crippen LogP contribution in [0.15, 0.2) is 24.3 Å². The summed E-state index contributed by atoms with van der Waals surface area (Å²) >= 11 is 0. The number of hydrogen-bond donors (Lipinski definition) is 2. The van der Waals surface area contributed by atoms with E-state index in [0.29, 0.717) is 0 Å². The lowest BCUT2D eigenvalue weighted by Gasteiger charge is -2.18. The van der Waals surface area contributed by atoms with Gasteiger partial charge in [0.15, 0.2) is 0 Å². The number of carbonyl (C=O) groups is 1. The Labute approximate surface area is 109 Å². The molecule has 0 heterocycles. The lowest BCUT2D eigenvalue weighted by molar-refractivity contribution is -0.120. The van der Waals surface area contributed by atoms with Crippen molar-refractivity contribution in [3.05, 3.63) is 24.3 Å². The summed E-state index contributed by atoms with van der Waals surface area (Å²) in [6, 6.07) is 7.29. The second-order valence-corrected chi connectivity index (χ2v) is 5.04. The molecule has 1 rings (SSSR count). The Hall–Kier alpha value is -1.55. The van der Waals surface area contributed by atoms with Gasteiger partial charge in [-0.25, -0.2) is 0 Å². The van der Waals surface area contributed by atoms with Crippen LogP contribution in [0, 0.1) is 0 Å². The van der Waals surface area contributed by atoms with E-state index in [9.17, 15) is 4.79 Å². The van der Waals surface area contributed by atoms with Crippen LogP contribution in [0.4, 0.5) is 5.69 Å². The van der Waals surface area contributed by atoms with Gasteiger partial charge in [0.2, 0.25) is 5.91 Å². The molecule has 1 amide bonds. The van der Waals surface area contributed by atoms with Gasteiger partial charge in [0.05, 0.1) is 11.6 Å². The van der Waals surface area contributed by atoms with Crippen molar-refractivity contribution in [1.82, 2.24) is 0 Å². The van der Waals surface area contributed by atoms with E-state index >= 15 is 0 Å². The van der Waals surface area contributed by atoms with Crippen LogP contribution in [0.1, 0.15) is 34.1 Å². The highest BCUT2D eigenvalue weighted by atomic mass is 16.5. The minimum atomic E-state index is -0.883. The summed E-state index contributed by atoms with van der Waals surface area (Å²) < 4.78 is 5.65. The fourth-order valence-corrected chi connectivity index (χ4v) is 1.22. The molecule has 100 valence electrons. The quantitative estimate of drug-likeness (QED) is 0.844. The zero-order chi connectivity index (χ0) is 13.8. The number of amides is 1. The Morgan fingerprint density at radius 2 is 1.94 bits per heavy atom. The van der Waals surface area contributed by atoms with Crippen molar-refractivity contribution in [2.45, 2.75) is 45.8 Å². The van der Waals surface area contributed by atoms with Gasteiger partial charge in [0.1, 0.15) is 5.75 Å². The zero-order valence-electron chi connectivity index (χ0n) is 11.5. The molecule has 1 aromatic rings. The van der Waals surface area contributed by atoms with E-state index in [4.69, 9.17) is 10.5 Å². The highest BCUT2D eigenvalue weighted by molar-refractivity contribution is 5.97. The molecule has 3 N–H and O–H groups in total. The molecule has 0 radical (unpaired) electrons. The largest absolute Gasteiger partial charge is 0.491 e. The summed E-state index contributed by atoms with van der Waals surface area (Å²) in [5, 5.41) is 2.76. The van der Waals surface area contributed by atoms with E-state index in [2.05, 4.69) is 12.2 Å². The molecule has 0 aliphatic carbocycles. The third-order valence-corrected chi connectivity index (χ3v) is 2.61. The maximum Gasteiger partial charge on any atom is 0.243 e. The Balaban J connectivity index is 2.63. The smallest absolute Gasteiger partial charge is 0.243 e. The fraction of sp³-hybridized carbons (Fsp3) is 0.500. The monoisotopic (exact) mass is 250 g/mol. The van der Waals surface area contributed by atoms with Gasteiger partial charge in [0, 0.05) is 5.69 Å². The number of ether oxygens (including phenoxy) is 1. The summed E-state index contributed by atoms with van der Waals surface area (Å²) in [5.74, 6) is 0.590. The maximum atomic E-state index is 11.7. The zero-order valence-corrected chi connectivity index (χ0v) is 11.5. The van der Waals surface area contributed by atoms with Crippen molar-refractivity contribution in [3.63, 3.8) is 0 Å². The Morgan fingerprint density at radius 3 is 2.39 bits per heavy atom. The number of nitrogens with one attached hydrogen (secondary N) is 1.